The largest absolute Gasteiger partial charge is 0.491 e. The molecule has 31 heavy (non-hydrogen) atoms. The fourth-order valence-electron chi connectivity index (χ4n) is 3.88. The lowest BCUT2D eigenvalue weighted by molar-refractivity contribution is -0.120. The number of nitrogens with one attached hydrogen (secondary N) is 2. The number of ether oxygens (including phenoxy) is 2. The van der Waals surface area contributed by atoms with E-state index in [1.807, 2.05) is 24.3 Å². The van der Waals surface area contributed by atoms with Crippen LogP contribution in [-0.4, -0.2) is 44.4 Å². The van der Waals surface area contributed by atoms with Crippen LogP contribution in [0.15, 0.2) is 24.3 Å². The molecule has 0 spiro atoms. The Bertz CT molecular complexity index is 819. The Morgan fingerprint density at radius 3 is 2.32 bits per heavy atom. The van der Waals surface area contributed by atoms with Gasteiger partial charge in [-0.15, -0.1) is 0 Å². The molecule has 1 aliphatic heterocycles. The first-order chi connectivity index (χ1) is 14.6. The van der Waals surface area contributed by atoms with Crippen LogP contribution in [0.1, 0.15) is 65.7 Å². The third kappa shape index (κ3) is 6.92. The number of carbonyl (C=O) groups excluding carboxylic acids is 1. The van der Waals surface area contributed by atoms with Gasteiger partial charge in [0, 0.05) is 24.3 Å². The van der Waals surface area contributed by atoms with Gasteiger partial charge < -0.3 is 14.8 Å². The molecule has 1 aromatic rings. The minimum absolute atomic E-state index is 0.0126. The van der Waals surface area contributed by atoms with Crippen molar-refractivity contribution in [2.75, 3.05) is 18.5 Å². The first-order valence-electron chi connectivity index (χ1n) is 11.3. The lowest BCUT2D eigenvalue weighted by Crippen LogP contribution is -2.46. The van der Waals surface area contributed by atoms with Crippen LogP contribution in [0.5, 0.6) is 5.75 Å². The monoisotopic (exact) mass is 452 g/mol. The highest BCUT2D eigenvalue weighted by Crippen LogP contribution is 2.28. The summed E-state index contributed by atoms with van der Waals surface area (Å²) in [7, 11) is -3.37. The normalized spacial score (nSPS) is 25.1. The molecule has 2 N–H and O–H groups in total. The molecule has 1 saturated carbocycles. The van der Waals surface area contributed by atoms with Gasteiger partial charge in [-0.3, -0.25) is 4.79 Å². The van der Waals surface area contributed by atoms with E-state index in [-0.39, 0.29) is 24.0 Å². The van der Waals surface area contributed by atoms with Crippen LogP contribution in [-0.2, 0) is 19.6 Å². The van der Waals surface area contributed by atoms with Crippen molar-refractivity contribution in [3.05, 3.63) is 24.3 Å². The molecule has 174 valence electrons. The molecule has 2 aliphatic rings. The number of rotatable bonds is 7. The fourth-order valence-corrected chi connectivity index (χ4v) is 4.90. The van der Waals surface area contributed by atoms with E-state index < -0.39 is 14.8 Å². The molecule has 0 radical (unpaired) electrons. The number of benzene rings is 1. The molecule has 1 aromatic carbocycles. The van der Waals surface area contributed by atoms with Gasteiger partial charge in [0.25, 0.3) is 0 Å². The maximum atomic E-state index is 12.6. The van der Waals surface area contributed by atoms with Crippen LogP contribution < -0.4 is 14.8 Å². The molecule has 1 unspecified atom stereocenters. The zero-order valence-electron chi connectivity index (χ0n) is 18.9. The van der Waals surface area contributed by atoms with Gasteiger partial charge in [-0.2, -0.15) is 0 Å². The number of carbonyl (C=O) groups is 1. The Balaban J connectivity index is 1.42. The summed E-state index contributed by atoms with van der Waals surface area (Å²) in [4.78, 5) is 12.6. The summed E-state index contributed by atoms with van der Waals surface area (Å²) in [6.07, 6.45) is 6.19. The number of hydrogen-bond donors (Lipinski definition) is 2. The predicted octanol–water partition coefficient (Wildman–Crippen LogP) is 3.85. The average Bonchev–Trinajstić information content (AvgIpc) is 2.73. The number of hydrogen-bond acceptors (Lipinski definition) is 5. The summed E-state index contributed by atoms with van der Waals surface area (Å²) in [6, 6.07) is 7.31. The minimum atomic E-state index is -3.37. The smallest absolute Gasteiger partial charge is 0.227 e. The molecular weight excluding hydrogens is 416 g/mol. The lowest BCUT2D eigenvalue weighted by Gasteiger charge is -2.30. The van der Waals surface area contributed by atoms with E-state index in [0.717, 1.165) is 30.9 Å². The van der Waals surface area contributed by atoms with Gasteiger partial charge in [0.15, 0.2) is 0 Å². The molecular formula is C23H36N2O5S. The number of amides is 1. The van der Waals surface area contributed by atoms with Gasteiger partial charge in [0.05, 0.1) is 10.9 Å². The maximum absolute atomic E-state index is 12.6. The quantitative estimate of drug-likeness (QED) is 0.655. The van der Waals surface area contributed by atoms with Crippen LogP contribution in [0.4, 0.5) is 5.69 Å². The Kier molecular flexibility index (Phi) is 7.99. The highest BCUT2D eigenvalue weighted by atomic mass is 32.2. The molecule has 1 heterocycles. The van der Waals surface area contributed by atoms with Gasteiger partial charge in [-0.1, -0.05) is 0 Å². The summed E-state index contributed by atoms with van der Waals surface area (Å²) < 4.78 is 38.1. The average molecular weight is 453 g/mol. The van der Waals surface area contributed by atoms with Gasteiger partial charge >= 0.3 is 0 Å². The number of anilines is 1. The molecule has 8 heteroatoms. The second-order valence-electron chi connectivity index (χ2n) is 9.60. The van der Waals surface area contributed by atoms with Gasteiger partial charge in [-0.05, 0) is 90.0 Å². The van der Waals surface area contributed by atoms with Crippen molar-refractivity contribution in [2.45, 2.75) is 82.6 Å². The van der Waals surface area contributed by atoms with Crippen molar-refractivity contribution in [1.82, 2.24) is 4.72 Å². The highest BCUT2D eigenvalue weighted by Gasteiger charge is 2.34. The molecule has 1 amide bonds. The first kappa shape index (κ1) is 24.0. The fraction of sp³-hybridized carbons (Fsp3) is 0.696. The van der Waals surface area contributed by atoms with Gasteiger partial charge in [0.1, 0.15) is 12.4 Å². The SMILES string of the molecule is CC(C)(C)S(=O)(=O)N[C@H]1CC[C@H](C(=O)Nc2ccc(OCC3CCCCO3)cc2)CC1. The summed E-state index contributed by atoms with van der Waals surface area (Å²) >= 11 is 0. The molecule has 0 bridgehead atoms. The molecule has 1 atom stereocenters. The summed E-state index contributed by atoms with van der Waals surface area (Å²) in [6.45, 7) is 6.43. The van der Waals surface area contributed by atoms with E-state index in [2.05, 4.69) is 10.0 Å². The van der Waals surface area contributed by atoms with Gasteiger partial charge in [0.2, 0.25) is 15.9 Å². The third-order valence-corrected chi connectivity index (χ3v) is 8.31. The Morgan fingerprint density at radius 1 is 1.06 bits per heavy atom. The van der Waals surface area contributed by atoms with Crippen LogP contribution in [0.2, 0.25) is 0 Å². The van der Waals surface area contributed by atoms with Crippen molar-refractivity contribution >= 4 is 21.6 Å². The van der Waals surface area contributed by atoms with Crippen molar-refractivity contribution in [1.29, 1.82) is 0 Å². The van der Waals surface area contributed by atoms with E-state index in [1.54, 1.807) is 20.8 Å². The Morgan fingerprint density at radius 2 is 1.74 bits per heavy atom. The maximum Gasteiger partial charge on any atom is 0.227 e. The van der Waals surface area contributed by atoms with E-state index in [4.69, 9.17) is 9.47 Å². The second kappa shape index (κ2) is 10.3. The summed E-state index contributed by atoms with van der Waals surface area (Å²) in [5, 5.41) is 2.97. The zero-order valence-corrected chi connectivity index (χ0v) is 19.7. The van der Waals surface area contributed by atoms with E-state index in [0.29, 0.717) is 32.3 Å². The van der Waals surface area contributed by atoms with E-state index in [9.17, 15) is 13.2 Å². The molecule has 0 aromatic heterocycles. The summed E-state index contributed by atoms with van der Waals surface area (Å²) in [5.41, 5.74) is 0.738. The van der Waals surface area contributed by atoms with Crippen LogP contribution in [0.25, 0.3) is 0 Å². The molecule has 2 fully saturated rings. The van der Waals surface area contributed by atoms with Crippen molar-refractivity contribution < 1.29 is 22.7 Å². The van der Waals surface area contributed by atoms with Crippen molar-refractivity contribution in [3.8, 4) is 5.75 Å². The zero-order chi connectivity index (χ0) is 22.5. The second-order valence-corrected chi connectivity index (χ2v) is 12.1. The molecule has 1 saturated heterocycles. The topological polar surface area (TPSA) is 93.7 Å². The van der Waals surface area contributed by atoms with Crippen LogP contribution in [0.3, 0.4) is 0 Å². The lowest BCUT2D eigenvalue weighted by atomic mass is 9.86. The van der Waals surface area contributed by atoms with Crippen molar-refractivity contribution in [2.24, 2.45) is 5.92 Å². The minimum Gasteiger partial charge on any atom is -0.491 e. The Labute approximate surface area is 186 Å². The number of sulfonamides is 1. The van der Waals surface area contributed by atoms with Crippen LogP contribution >= 0.6 is 0 Å². The third-order valence-electron chi connectivity index (χ3n) is 6.06. The molecule has 3 rings (SSSR count). The predicted molar refractivity (Wildman–Crippen MR) is 122 cm³/mol. The summed E-state index contributed by atoms with van der Waals surface area (Å²) in [5.74, 6) is 0.648. The standard InChI is InChI=1S/C23H36N2O5S/c1-23(2,3)31(27,28)25-19-9-7-17(8-10-19)22(26)24-18-11-13-20(14-12-18)30-16-21-6-4-5-15-29-21/h11-14,17,19,21,25H,4-10,15-16H2,1-3H3,(H,24,26)/t17-,19-,21?. The highest BCUT2D eigenvalue weighted by molar-refractivity contribution is 7.90. The molecule has 1 aliphatic carbocycles. The van der Waals surface area contributed by atoms with E-state index in [1.165, 1.54) is 6.42 Å². The van der Waals surface area contributed by atoms with Crippen molar-refractivity contribution in [3.63, 3.8) is 0 Å². The first-order valence-corrected chi connectivity index (χ1v) is 12.8. The molecule has 7 nitrogen and oxygen atoms in total. The Hall–Kier alpha value is -1.64. The van der Waals surface area contributed by atoms with Crippen LogP contribution in [0, 0.1) is 5.92 Å². The van der Waals surface area contributed by atoms with Gasteiger partial charge in [-0.25, -0.2) is 13.1 Å². The van der Waals surface area contributed by atoms with E-state index >= 15 is 0 Å².